The van der Waals surface area contributed by atoms with Crippen molar-refractivity contribution in [2.75, 3.05) is 13.1 Å². The van der Waals surface area contributed by atoms with E-state index in [4.69, 9.17) is 0 Å². The molecule has 1 aliphatic rings. The molecule has 0 aliphatic carbocycles. The van der Waals surface area contributed by atoms with E-state index in [1.54, 1.807) is 0 Å². The monoisotopic (exact) mass is 298 g/mol. The number of nitrogens with one attached hydrogen (secondary N) is 2. The van der Waals surface area contributed by atoms with E-state index in [2.05, 4.69) is 35.3 Å². The fraction of sp³-hybridized carbons (Fsp3) is 0.389. The quantitative estimate of drug-likeness (QED) is 0.851. The molecule has 2 N–H and O–H groups in total. The second kappa shape index (κ2) is 6.79. The fourth-order valence-electron chi connectivity index (χ4n) is 3.38. The molecule has 22 heavy (non-hydrogen) atoms. The second-order valence-corrected chi connectivity index (χ2v) is 6.09. The summed E-state index contributed by atoms with van der Waals surface area (Å²) in [5, 5.41) is 3.04. The molecule has 4 heteroatoms. The van der Waals surface area contributed by atoms with Crippen molar-refractivity contribution in [2.24, 2.45) is 7.05 Å². The summed E-state index contributed by atoms with van der Waals surface area (Å²) in [4.78, 5) is 13.6. The van der Waals surface area contributed by atoms with E-state index < -0.39 is 0 Å². The number of carbonyl (C=O) groups is 1. The molecular formula is C18H24N3O+. The molecular weight excluding hydrogens is 274 g/mol. The van der Waals surface area contributed by atoms with Crippen LogP contribution in [0.15, 0.2) is 48.7 Å². The Morgan fingerprint density at radius 1 is 1.27 bits per heavy atom. The molecule has 4 nitrogen and oxygen atoms in total. The standard InChI is InChI=1S/C18H23N3O/c1-20-11-5-9-16(20)17-10-6-12-21(17)14-18(22)19-13-15-7-3-2-4-8-15/h2-5,7-9,11,17H,6,10,12-14H2,1H3,(H,19,22)/p+1/t17-/m1/s1. The molecule has 3 rings (SSSR count). The Kier molecular flexibility index (Phi) is 4.59. The van der Waals surface area contributed by atoms with Gasteiger partial charge < -0.3 is 14.8 Å². The lowest BCUT2D eigenvalue weighted by Gasteiger charge is -2.21. The van der Waals surface area contributed by atoms with E-state index in [-0.39, 0.29) is 5.91 Å². The van der Waals surface area contributed by atoms with Crippen molar-refractivity contribution in [3.63, 3.8) is 0 Å². The van der Waals surface area contributed by atoms with Gasteiger partial charge in [-0.15, -0.1) is 0 Å². The van der Waals surface area contributed by atoms with Gasteiger partial charge in [0.1, 0.15) is 6.04 Å². The number of hydrogen-bond acceptors (Lipinski definition) is 1. The minimum atomic E-state index is 0.139. The average Bonchev–Trinajstić information content (AvgIpc) is 3.15. The second-order valence-electron chi connectivity index (χ2n) is 6.09. The smallest absolute Gasteiger partial charge is 0.275 e. The van der Waals surface area contributed by atoms with Crippen molar-refractivity contribution in [3.8, 4) is 0 Å². The topological polar surface area (TPSA) is 38.5 Å². The molecule has 0 saturated carbocycles. The van der Waals surface area contributed by atoms with Crippen LogP contribution in [0.25, 0.3) is 0 Å². The van der Waals surface area contributed by atoms with Crippen LogP contribution >= 0.6 is 0 Å². The average molecular weight is 298 g/mol. The van der Waals surface area contributed by atoms with E-state index in [9.17, 15) is 4.79 Å². The van der Waals surface area contributed by atoms with E-state index in [0.29, 0.717) is 19.1 Å². The Morgan fingerprint density at radius 2 is 2.09 bits per heavy atom. The fourth-order valence-corrected chi connectivity index (χ4v) is 3.38. The van der Waals surface area contributed by atoms with Gasteiger partial charge in [0, 0.05) is 32.6 Å². The molecule has 1 aliphatic heterocycles. The van der Waals surface area contributed by atoms with Crippen LogP contribution in [0.5, 0.6) is 0 Å². The van der Waals surface area contributed by atoms with Crippen LogP contribution in [0, 0.1) is 0 Å². The molecule has 2 aromatic rings. The molecule has 116 valence electrons. The number of hydrogen-bond donors (Lipinski definition) is 2. The number of rotatable bonds is 5. The Bertz CT molecular complexity index is 620. The van der Waals surface area contributed by atoms with Gasteiger partial charge in [0.2, 0.25) is 0 Å². The van der Waals surface area contributed by atoms with Crippen molar-refractivity contribution in [1.82, 2.24) is 9.88 Å². The predicted molar refractivity (Wildman–Crippen MR) is 86.4 cm³/mol. The first kappa shape index (κ1) is 14.9. The van der Waals surface area contributed by atoms with Crippen molar-refractivity contribution in [2.45, 2.75) is 25.4 Å². The molecule has 1 unspecified atom stereocenters. The van der Waals surface area contributed by atoms with Crippen molar-refractivity contribution in [1.29, 1.82) is 0 Å². The first-order valence-electron chi connectivity index (χ1n) is 8.00. The maximum absolute atomic E-state index is 12.2. The van der Waals surface area contributed by atoms with Gasteiger partial charge in [0.15, 0.2) is 6.54 Å². The maximum Gasteiger partial charge on any atom is 0.275 e. The van der Waals surface area contributed by atoms with Crippen LogP contribution < -0.4 is 10.2 Å². The van der Waals surface area contributed by atoms with Crippen LogP contribution in [0.1, 0.15) is 30.1 Å². The number of benzene rings is 1. The molecule has 1 aromatic carbocycles. The highest BCUT2D eigenvalue weighted by Gasteiger charge is 2.32. The van der Waals surface area contributed by atoms with Gasteiger partial charge in [-0.3, -0.25) is 4.79 Å². The zero-order valence-corrected chi connectivity index (χ0v) is 13.1. The summed E-state index contributed by atoms with van der Waals surface area (Å²) in [6.45, 7) is 2.25. The van der Waals surface area contributed by atoms with Gasteiger partial charge in [-0.25, -0.2) is 0 Å². The Hall–Kier alpha value is -2.07. The lowest BCUT2D eigenvalue weighted by molar-refractivity contribution is -0.911. The van der Waals surface area contributed by atoms with Crippen molar-refractivity contribution < 1.29 is 9.69 Å². The first-order chi connectivity index (χ1) is 10.7. The minimum absolute atomic E-state index is 0.139. The van der Waals surface area contributed by atoms with Crippen LogP contribution in [0.2, 0.25) is 0 Å². The summed E-state index contributed by atoms with van der Waals surface area (Å²) >= 11 is 0. The van der Waals surface area contributed by atoms with Gasteiger partial charge in [-0.2, -0.15) is 0 Å². The maximum atomic E-state index is 12.2. The third-order valence-electron chi connectivity index (χ3n) is 4.54. The number of nitrogens with zero attached hydrogens (tertiary/aromatic N) is 1. The van der Waals surface area contributed by atoms with Crippen LogP contribution in [-0.4, -0.2) is 23.6 Å². The molecule has 1 aromatic heterocycles. The van der Waals surface area contributed by atoms with Gasteiger partial charge in [-0.05, 0) is 17.7 Å². The summed E-state index contributed by atoms with van der Waals surface area (Å²) < 4.78 is 2.18. The normalized spacial score (nSPS) is 21.0. The molecule has 0 bridgehead atoms. The number of likely N-dealkylation sites (tertiary alicyclic amines) is 1. The molecule has 2 atom stereocenters. The highest BCUT2D eigenvalue weighted by atomic mass is 16.2. The highest BCUT2D eigenvalue weighted by Crippen LogP contribution is 2.18. The number of amides is 1. The third kappa shape index (κ3) is 3.39. The molecule has 2 heterocycles. The van der Waals surface area contributed by atoms with Crippen LogP contribution in [-0.2, 0) is 18.4 Å². The van der Waals surface area contributed by atoms with Crippen molar-refractivity contribution >= 4 is 5.91 Å². The number of quaternary nitrogens is 1. The number of carbonyl (C=O) groups excluding carboxylic acids is 1. The summed E-state index contributed by atoms with van der Waals surface area (Å²) in [6.07, 6.45) is 4.44. The minimum Gasteiger partial charge on any atom is -0.350 e. The van der Waals surface area contributed by atoms with E-state index in [1.165, 1.54) is 23.4 Å². The Labute approximate surface area is 131 Å². The van der Waals surface area contributed by atoms with Crippen molar-refractivity contribution in [3.05, 3.63) is 59.9 Å². The van der Waals surface area contributed by atoms with E-state index in [0.717, 1.165) is 12.1 Å². The Balaban J connectivity index is 1.55. The molecule has 0 spiro atoms. The van der Waals surface area contributed by atoms with E-state index >= 15 is 0 Å². The SMILES string of the molecule is Cn1cccc1[C@H]1CCC[NH+]1CC(=O)NCc1ccccc1. The van der Waals surface area contributed by atoms with Gasteiger partial charge in [0.25, 0.3) is 5.91 Å². The zero-order valence-electron chi connectivity index (χ0n) is 13.1. The molecule has 1 saturated heterocycles. The summed E-state index contributed by atoms with van der Waals surface area (Å²) in [6, 6.07) is 14.8. The number of aromatic nitrogens is 1. The Morgan fingerprint density at radius 3 is 2.82 bits per heavy atom. The third-order valence-corrected chi connectivity index (χ3v) is 4.54. The number of aryl methyl sites for hydroxylation is 1. The molecule has 1 amide bonds. The molecule has 1 fully saturated rings. The summed E-state index contributed by atoms with van der Waals surface area (Å²) in [5.41, 5.74) is 2.48. The lowest BCUT2D eigenvalue weighted by Crippen LogP contribution is -3.11. The summed E-state index contributed by atoms with van der Waals surface area (Å²) in [7, 11) is 2.08. The first-order valence-corrected chi connectivity index (χ1v) is 8.00. The van der Waals surface area contributed by atoms with Gasteiger partial charge in [0.05, 0.1) is 12.2 Å². The highest BCUT2D eigenvalue weighted by molar-refractivity contribution is 5.76. The van der Waals surface area contributed by atoms with Gasteiger partial charge >= 0.3 is 0 Å². The predicted octanol–water partition coefficient (Wildman–Crippen LogP) is 1.06. The van der Waals surface area contributed by atoms with Crippen LogP contribution in [0.4, 0.5) is 0 Å². The van der Waals surface area contributed by atoms with Crippen LogP contribution in [0.3, 0.4) is 0 Å². The lowest BCUT2D eigenvalue weighted by atomic mass is 10.1. The molecule has 0 radical (unpaired) electrons. The summed E-state index contributed by atoms with van der Waals surface area (Å²) in [5.74, 6) is 0.139. The largest absolute Gasteiger partial charge is 0.350 e. The zero-order chi connectivity index (χ0) is 15.4. The van der Waals surface area contributed by atoms with Gasteiger partial charge in [-0.1, -0.05) is 30.3 Å². The van der Waals surface area contributed by atoms with E-state index in [1.807, 2.05) is 30.3 Å².